The molecule has 0 spiro atoms. The molecule has 34 heavy (non-hydrogen) atoms. The van der Waals surface area contributed by atoms with Gasteiger partial charge < -0.3 is 19.5 Å². The molecule has 3 aromatic rings. The first-order valence-corrected chi connectivity index (χ1v) is 12.1. The molecule has 0 unspecified atom stereocenters. The van der Waals surface area contributed by atoms with Gasteiger partial charge >= 0.3 is 0 Å². The lowest BCUT2D eigenvalue weighted by Crippen LogP contribution is -2.24. The normalized spacial score (nSPS) is 10.9. The number of hydrogen-bond donors (Lipinski definition) is 2. The topological polar surface area (TPSA) is 116 Å². The number of nitrogens with zero attached hydrogens (tertiary/aromatic N) is 1. The van der Waals surface area contributed by atoms with E-state index >= 15 is 0 Å². The van der Waals surface area contributed by atoms with Crippen LogP contribution in [0, 0.1) is 0 Å². The largest absolute Gasteiger partial charge is 0.493 e. The van der Waals surface area contributed by atoms with Gasteiger partial charge in [0.15, 0.2) is 11.5 Å². The van der Waals surface area contributed by atoms with E-state index in [0.29, 0.717) is 40.9 Å². The molecule has 3 rings (SSSR count). The molecule has 2 N–H and O–H groups in total. The first kappa shape index (κ1) is 24.8. The number of ether oxygens (including phenoxy) is 3. The average Bonchev–Trinajstić information content (AvgIpc) is 2.85. The van der Waals surface area contributed by atoms with Gasteiger partial charge in [-0.3, -0.25) is 9.52 Å². The molecule has 1 heterocycles. The number of sulfonamides is 1. The summed E-state index contributed by atoms with van der Waals surface area (Å²) in [6, 6.07) is 13.9. The number of hydrogen-bond acceptors (Lipinski definition) is 7. The fraction of sp³-hybridized carbons (Fsp3) is 0.250. The predicted molar refractivity (Wildman–Crippen MR) is 128 cm³/mol. The highest BCUT2D eigenvalue weighted by atomic mass is 32.2. The number of nitrogens with one attached hydrogen (secondary N) is 2. The monoisotopic (exact) mass is 485 g/mol. The lowest BCUT2D eigenvalue weighted by Gasteiger charge is -2.12. The summed E-state index contributed by atoms with van der Waals surface area (Å²) in [4.78, 5) is 16.2. The number of rotatable bonds is 11. The van der Waals surface area contributed by atoms with Crippen LogP contribution in [0.1, 0.15) is 30.1 Å². The van der Waals surface area contributed by atoms with Crippen molar-refractivity contribution in [3.05, 3.63) is 66.4 Å². The quantitative estimate of drug-likeness (QED) is 0.391. The van der Waals surface area contributed by atoms with Crippen LogP contribution in [-0.2, 0) is 10.0 Å². The molecule has 1 amide bonds. The van der Waals surface area contributed by atoms with Crippen molar-refractivity contribution in [3.8, 4) is 23.1 Å². The van der Waals surface area contributed by atoms with Crippen LogP contribution in [0.2, 0.25) is 0 Å². The average molecular weight is 486 g/mol. The first-order valence-electron chi connectivity index (χ1n) is 10.6. The molecule has 0 aliphatic carbocycles. The number of carbonyl (C=O) groups is 1. The SMILES string of the molecule is CCCCNC(=O)c1ccc(Oc2ccc(NS(=O)(=O)c3ccc(OC)c(OC)c3)cc2)nc1. The third-order valence-electron chi connectivity index (χ3n) is 4.81. The summed E-state index contributed by atoms with van der Waals surface area (Å²) in [5, 5.41) is 2.83. The Labute approximate surface area is 199 Å². The van der Waals surface area contributed by atoms with Crippen LogP contribution in [0.25, 0.3) is 0 Å². The Bertz CT molecular complexity index is 1210. The minimum Gasteiger partial charge on any atom is -0.493 e. The summed E-state index contributed by atoms with van der Waals surface area (Å²) in [6.07, 6.45) is 3.37. The number of benzene rings is 2. The van der Waals surface area contributed by atoms with E-state index in [1.165, 1.54) is 38.6 Å². The molecule has 2 aromatic carbocycles. The van der Waals surface area contributed by atoms with E-state index in [4.69, 9.17) is 14.2 Å². The second-order valence-corrected chi connectivity index (χ2v) is 8.93. The first-order chi connectivity index (χ1) is 16.4. The highest BCUT2D eigenvalue weighted by Crippen LogP contribution is 2.30. The molecule has 0 aliphatic heterocycles. The van der Waals surface area contributed by atoms with Crippen LogP contribution in [0.15, 0.2) is 65.7 Å². The van der Waals surface area contributed by atoms with Gasteiger partial charge in [0, 0.05) is 30.6 Å². The van der Waals surface area contributed by atoms with E-state index in [1.807, 2.05) is 0 Å². The highest BCUT2D eigenvalue weighted by Gasteiger charge is 2.17. The van der Waals surface area contributed by atoms with Crippen LogP contribution in [0.3, 0.4) is 0 Å². The van der Waals surface area contributed by atoms with Crippen molar-refractivity contribution in [3.63, 3.8) is 0 Å². The Morgan fingerprint density at radius 1 is 0.971 bits per heavy atom. The summed E-state index contributed by atoms with van der Waals surface area (Å²) >= 11 is 0. The molecule has 0 fully saturated rings. The Morgan fingerprint density at radius 3 is 2.32 bits per heavy atom. The van der Waals surface area contributed by atoms with E-state index in [-0.39, 0.29) is 10.8 Å². The van der Waals surface area contributed by atoms with Crippen LogP contribution in [0.4, 0.5) is 5.69 Å². The molecular weight excluding hydrogens is 458 g/mol. The fourth-order valence-corrected chi connectivity index (χ4v) is 4.04. The number of aromatic nitrogens is 1. The Balaban J connectivity index is 1.63. The summed E-state index contributed by atoms with van der Waals surface area (Å²) in [5.41, 5.74) is 0.803. The number of methoxy groups -OCH3 is 2. The molecule has 0 radical (unpaired) electrons. The zero-order chi connectivity index (χ0) is 24.6. The van der Waals surface area contributed by atoms with Crippen molar-refractivity contribution in [1.29, 1.82) is 0 Å². The fourth-order valence-electron chi connectivity index (χ4n) is 2.97. The Kier molecular flexibility index (Phi) is 8.31. The van der Waals surface area contributed by atoms with Crippen molar-refractivity contribution >= 4 is 21.6 Å². The smallest absolute Gasteiger partial charge is 0.262 e. The summed E-state index contributed by atoms with van der Waals surface area (Å²) < 4.78 is 44.0. The second-order valence-electron chi connectivity index (χ2n) is 7.24. The van der Waals surface area contributed by atoms with Crippen molar-refractivity contribution in [2.75, 3.05) is 25.5 Å². The number of amides is 1. The number of anilines is 1. The zero-order valence-corrected chi connectivity index (χ0v) is 20.0. The second kappa shape index (κ2) is 11.4. The molecule has 0 saturated carbocycles. The third-order valence-corrected chi connectivity index (χ3v) is 6.19. The minimum absolute atomic E-state index is 0.0356. The minimum atomic E-state index is -3.84. The van der Waals surface area contributed by atoms with Crippen molar-refractivity contribution in [1.82, 2.24) is 10.3 Å². The van der Waals surface area contributed by atoms with Crippen LogP contribution in [-0.4, -0.2) is 40.1 Å². The highest BCUT2D eigenvalue weighted by molar-refractivity contribution is 7.92. The van der Waals surface area contributed by atoms with Crippen molar-refractivity contribution in [2.24, 2.45) is 0 Å². The number of unbranched alkanes of at least 4 members (excludes halogenated alkanes) is 1. The van der Waals surface area contributed by atoms with Gasteiger partial charge in [0.05, 0.1) is 24.7 Å². The molecule has 1 aromatic heterocycles. The maximum atomic E-state index is 12.7. The summed E-state index contributed by atoms with van der Waals surface area (Å²) in [7, 11) is -0.930. The van der Waals surface area contributed by atoms with Gasteiger partial charge in [-0.05, 0) is 48.9 Å². The standard InChI is InChI=1S/C24H27N3O6S/c1-4-5-14-25-24(28)17-6-13-23(26-16-17)33-19-9-7-18(8-10-19)27-34(29,30)20-11-12-21(31-2)22(15-20)32-3/h6-13,15-16,27H,4-5,14H2,1-3H3,(H,25,28). The predicted octanol–water partition coefficient (Wildman–Crippen LogP) is 4.22. The van der Waals surface area contributed by atoms with Crippen molar-refractivity contribution < 1.29 is 27.4 Å². The Morgan fingerprint density at radius 2 is 1.71 bits per heavy atom. The van der Waals surface area contributed by atoms with Gasteiger partial charge in [0.2, 0.25) is 5.88 Å². The van der Waals surface area contributed by atoms with Crippen LogP contribution < -0.4 is 24.2 Å². The molecule has 0 saturated heterocycles. The van der Waals surface area contributed by atoms with Gasteiger partial charge in [-0.2, -0.15) is 0 Å². The molecule has 180 valence electrons. The molecule has 0 aliphatic rings. The van der Waals surface area contributed by atoms with Crippen molar-refractivity contribution in [2.45, 2.75) is 24.7 Å². The number of carbonyl (C=O) groups excluding carboxylic acids is 1. The summed E-state index contributed by atoms with van der Waals surface area (Å²) in [5.74, 6) is 1.33. The summed E-state index contributed by atoms with van der Waals surface area (Å²) in [6.45, 7) is 2.68. The van der Waals surface area contributed by atoms with Crippen LogP contribution >= 0.6 is 0 Å². The van der Waals surface area contributed by atoms with Gasteiger partial charge in [-0.1, -0.05) is 13.3 Å². The van der Waals surface area contributed by atoms with E-state index < -0.39 is 10.0 Å². The van der Waals surface area contributed by atoms with Crippen LogP contribution in [0.5, 0.6) is 23.1 Å². The van der Waals surface area contributed by atoms with E-state index in [9.17, 15) is 13.2 Å². The maximum Gasteiger partial charge on any atom is 0.262 e. The lowest BCUT2D eigenvalue weighted by atomic mass is 10.2. The molecule has 9 nitrogen and oxygen atoms in total. The Hall–Kier alpha value is -3.79. The van der Waals surface area contributed by atoms with E-state index in [2.05, 4.69) is 21.9 Å². The van der Waals surface area contributed by atoms with Gasteiger partial charge in [0.1, 0.15) is 5.75 Å². The molecule has 0 atom stereocenters. The lowest BCUT2D eigenvalue weighted by molar-refractivity contribution is 0.0952. The maximum absolute atomic E-state index is 12.7. The molecular formula is C24H27N3O6S. The molecule has 10 heteroatoms. The number of pyridine rings is 1. The molecule has 0 bridgehead atoms. The van der Waals surface area contributed by atoms with Gasteiger partial charge in [0.25, 0.3) is 15.9 Å². The third kappa shape index (κ3) is 6.38. The van der Waals surface area contributed by atoms with E-state index in [1.54, 1.807) is 36.4 Å². The van der Waals surface area contributed by atoms with E-state index in [0.717, 1.165) is 12.8 Å². The van der Waals surface area contributed by atoms with Gasteiger partial charge in [-0.25, -0.2) is 13.4 Å². The van der Waals surface area contributed by atoms with Gasteiger partial charge in [-0.15, -0.1) is 0 Å². The zero-order valence-electron chi connectivity index (χ0n) is 19.2.